The molecule has 0 radical (unpaired) electrons. The molecule has 3 heterocycles. The first-order chi connectivity index (χ1) is 11.7. The maximum Gasteiger partial charge on any atom is 0.334 e. The first-order valence-electron chi connectivity index (χ1n) is 8.60. The molecule has 0 aromatic carbocycles. The van der Waals surface area contributed by atoms with Crippen molar-refractivity contribution in [3.63, 3.8) is 0 Å². The summed E-state index contributed by atoms with van der Waals surface area (Å²) in [4.78, 5) is 19.8. The third-order valence-electron chi connectivity index (χ3n) is 5.25. The number of nitrogens with zero attached hydrogens (tertiary/aromatic N) is 3. The summed E-state index contributed by atoms with van der Waals surface area (Å²) in [6.45, 7) is 2.67. The number of methoxy groups -OCH3 is 1. The molecule has 1 aliphatic carbocycles. The number of aliphatic hydroxyl groups is 1. The number of likely N-dealkylation sites (tertiary alicyclic amines) is 1. The zero-order valence-corrected chi connectivity index (χ0v) is 14.7. The van der Waals surface area contributed by atoms with Gasteiger partial charge in [-0.15, -0.1) is 11.3 Å². The molecule has 7 heteroatoms. The highest BCUT2D eigenvalue weighted by atomic mass is 32.1. The smallest absolute Gasteiger partial charge is 0.334 e. The van der Waals surface area contributed by atoms with E-state index in [2.05, 4.69) is 25.6 Å². The summed E-state index contributed by atoms with van der Waals surface area (Å²) in [5.74, 6) is 0.134. The van der Waals surface area contributed by atoms with Crippen molar-refractivity contribution in [2.24, 2.45) is 5.92 Å². The van der Waals surface area contributed by atoms with Gasteiger partial charge in [0.25, 0.3) is 0 Å². The molecule has 1 aliphatic heterocycles. The van der Waals surface area contributed by atoms with Crippen molar-refractivity contribution in [1.82, 2.24) is 14.3 Å². The van der Waals surface area contributed by atoms with Crippen molar-refractivity contribution in [3.8, 4) is 0 Å². The molecule has 1 N–H and O–H groups in total. The number of thiazole rings is 1. The van der Waals surface area contributed by atoms with E-state index in [-0.39, 0.29) is 5.92 Å². The van der Waals surface area contributed by atoms with Gasteiger partial charge in [-0.1, -0.05) is 0 Å². The maximum absolute atomic E-state index is 11.5. The van der Waals surface area contributed by atoms with Gasteiger partial charge >= 0.3 is 5.97 Å². The fourth-order valence-electron chi connectivity index (χ4n) is 3.64. The van der Waals surface area contributed by atoms with Gasteiger partial charge in [0.1, 0.15) is 0 Å². The summed E-state index contributed by atoms with van der Waals surface area (Å²) in [5.41, 5.74) is 2.60. The van der Waals surface area contributed by atoms with E-state index in [4.69, 9.17) is 4.98 Å². The Bertz CT molecular complexity index is 729. The number of rotatable bonds is 5. The van der Waals surface area contributed by atoms with Crippen LogP contribution in [0.25, 0.3) is 4.96 Å². The van der Waals surface area contributed by atoms with Gasteiger partial charge in [-0.25, -0.2) is 9.78 Å². The Kier molecular flexibility index (Phi) is 4.32. The third-order valence-corrected chi connectivity index (χ3v) is 6.01. The van der Waals surface area contributed by atoms with Gasteiger partial charge in [-0.3, -0.25) is 9.30 Å². The number of aromatic nitrogens is 2. The molecule has 1 saturated carbocycles. The van der Waals surface area contributed by atoms with Crippen molar-refractivity contribution in [3.05, 3.63) is 23.0 Å². The fourth-order valence-corrected chi connectivity index (χ4v) is 4.38. The number of hydrogen-bond acceptors (Lipinski definition) is 6. The topological polar surface area (TPSA) is 67.1 Å². The van der Waals surface area contributed by atoms with Crippen LogP contribution >= 0.6 is 11.3 Å². The molecular weight excluding hydrogens is 326 g/mol. The molecule has 4 rings (SSSR count). The Balaban J connectivity index is 1.43. The molecule has 1 saturated heterocycles. The van der Waals surface area contributed by atoms with Crippen LogP contribution in [0.4, 0.5) is 0 Å². The second-order valence-corrected chi connectivity index (χ2v) is 7.73. The molecule has 130 valence electrons. The minimum Gasteiger partial charge on any atom is -0.467 e. The summed E-state index contributed by atoms with van der Waals surface area (Å²) < 4.78 is 6.88. The maximum atomic E-state index is 11.5. The molecule has 6 nitrogen and oxygen atoms in total. The van der Waals surface area contributed by atoms with Gasteiger partial charge in [0.05, 0.1) is 18.5 Å². The predicted molar refractivity (Wildman–Crippen MR) is 91.1 cm³/mol. The molecule has 2 fully saturated rings. The van der Waals surface area contributed by atoms with Crippen molar-refractivity contribution in [2.45, 2.75) is 44.2 Å². The van der Waals surface area contributed by atoms with Gasteiger partial charge in [-0.05, 0) is 44.7 Å². The van der Waals surface area contributed by atoms with Gasteiger partial charge in [-0.2, -0.15) is 0 Å². The van der Waals surface area contributed by atoms with E-state index in [9.17, 15) is 9.90 Å². The standard InChI is InChI=1S/C17H23N3O3S/c1-23-16(22)15(21)12-4-6-19(7-5-12)10-13-14(11-2-3-11)18-17-20(13)8-9-24-17/h8-9,11-12,15,21H,2-7,10H2,1H3/t15-/m1/s1. The molecule has 2 aromatic heterocycles. The van der Waals surface area contributed by atoms with E-state index in [0.29, 0.717) is 5.92 Å². The van der Waals surface area contributed by atoms with E-state index in [0.717, 1.165) is 37.4 Å². The summed E-state index contributed by atoms with van der Waals surface area (Å²) in [6.07, 6.45) is 5.28. The minimum absolute atomic E-state index is 0.00297. The van der Waals surface area contributed by atoms with Crippen LogP contribution in [0.3, 0.4) is 0 Å². The van der Waals surface area contributed by atoms with Crippen molar-refractivity contribution >= 4 is 22.3 Å². The van der Waals surface area contributed by atoms with Crippen molar-refractivity contribution in [2.75, 3.05) is 20.2 Å². The number of fused-ring (bicyclic) bond motifs is 1. The first-order valence-corrected chi connectivity index (χ1v) is 9.48. The lowest BCUT2D eigenvalue weighted by Crippen LogP contribution is -2.40. The van der Waals surface area contributed by atoms with E-state index >= 15 is 0 Å². The number of hydrogen-bond donors (Lipinski definition) is 1. The van der Waals surface area contributed by atoms with Crippen LogP contribution < -0.4 is 0 Å². The highest BCUT2D eigenvalue weighted by Gasteiger charge is 2.33. The number of aliphatic hydroxyl groups excluding tert-OH is 1. The van der Waals surface area contributed by atoms with Crippen LogP contribution in [0, 0.1) is 5.92 Å². The zero-order valence-electron chi connectivity index (χ0n) is 13.9. The molecule has 24 heavy (non-hydrogen) atoms. The predicted octanol–water partition coefficient (Wildman–Crippen LogP) is 2.02. The summed E-state index contributed by atoms with van der Waals surface area (Å²) >= 11 is 1.69. The number of piperidine rings is 1. The highest BCUT2D eigenvalue weighted by Crippen LogP contribution is 2.42. The highest BCUT2D eigenvalue weighted by molar-refractivity contribution is 7.15. The molecule has 1 atom stereocenters. The van der Waals surface area contributed by atoms with E-state index in [1.54, 1.807) is 11.3 Å². The largest absolute Gasteiger partial charge is 0.467 e. The average molecular weight is 349 g/mol. The van der Waals surface area contributed by atoms with Crippen molar-refractivity contribution < 1.29 is 14.6 Å². The number of esters is 1. The molecule has 0 spiro atoms. The Morgan fingerprint density at radius 2 is 2.17 bits per heavy atom. The lowest BCUT2D eigenvalue weighted by atomic mass is 9.91. The number of carbonyl (C=O) groups is 1. The van der Waals surface area contributed by atoms with Crippen LogP contribution in [0.5, 0.6) is 0 Å². The van der Waals surface area contributed by atoms with Crippen LogP contribution in [-0.2, 0) is 16.1 Å². The van der Waals surface area contributed by atoms with Gasteiger partial charge in [0.2, 0.25) is 0 Å². The third kappa shape index (κ3) is 2.96. The lowest BCUT2D eigenvalue weighted by Gasteiger charge is -2.33. The van der Waals surface area contributed by atoms with E-state index < -0.39 is 12.1 Å². The Hall–Kier alpha value is -1.44. The Labute approximate surface area is 145 Å². The fraction of sp³-hybridized carbons (Fsp3) is 0.647. The van der Waals surface area contributed by atoms with Crippen molar-refractivity contribution in [1.29, 1.82) is 0 Å². The van der Waals surface area contributed by atoms with E-state index in [1.165, 1.54) is 31.3 Å². The molecule has 2 aliphatic rings. The van der Waals surface area contributed by atoms with Gasteiger partial charge in [0.15, 0.2) is 11.1 Å². The molecule has 2 aromatic rings. The first kappa shape index (κ1) is 16.1. The number of carbonyl (C=O) groups excluding carboxylic acids is 1. The summed E-state index contributed by atoms with van der Waals surface area (Å²) in [7, 11) is 1.33. The normalized spacial score (nSPS) is 21.2. The van der Waals surface area contributed by atoms with Crippen LogP contribution in [0.1, 0.15) is 43.0 Å². The Morgan fingerprint density at radius 1 is 1.42 bits per heavy atom. The second kappa shape index (κ2) is 6.46. The van der Waals surface area contributed by atoms with Crippen LogP contribution in [0.2, 0.25) is 0 Å². The average Bonchev–Trinajstić information content (AvgIpc) is 3.25. The molecular formula is C17H23N3O3S. The minimum atomic E-state index is -0.988. The quantitative estimate of drug-likeness (QED) is 0.837. The zero-order chi connectivity index (χ0) is 16.7. The lowest BCUT2D eigenvalue weighted by molar-refractivity contribution is -0.154. The molecule has 0 bridgehead atoms. The number of ether oxygens (including phenoxy) is 1. The molecule has 0 unspecified atom stereocenters. The number of imidazole rings is 1. The van der Waals surface area contributed by atoms with Gasteiger partial charge in [0, 0.05) is 24.0 Å². The Morgan fingerprint density at radius 3 is 2.83 bits per heavy atom. The van der Waals surface area contributed by atoms with Crippen LogP contribution in [-0.4, -0.2) is 51.7 Å². The van der Waals surface area contributed by atoms with E-state index in [1.807, 2.05) is 0 Å². The second-order valence-electron chi connectivity index (χ2n) is 6.86. The molecule has 0 amide bonds. The van der Waals surface area contributed by atoms with Crippen LogP contribution in [0.15, 0.2) is 11.6 Å². The summed E-state index contributed by atoms with van der Waals surface area (Å²) in [6, 6.07) is 0. The summed E-state index contributed by atoms with van der Waals surface area (Å²) in [5, 5.41) is 12.1. The monoisotopic (exact) mass is 349 g/mol. The van der Waals surface area contributed by atoms with Gasteiger partial charge < -0.3 is 9.84 Å². The SMILES string of the molecule is COC(=O)[C@H](O)C1CCN(Cc2c(C3CC3)nc3sccn23)CC1.